The topological polar surface area (TPSA) is 54.4 Å². The zero-order valence-corrected chi connectivity index (χ0v) is 10.0. The third-order valence-corrected chi connectivity index (χ3v) is 2.62. The standard InChI is InChI=1S/C13H16N2O2/c1-3-14-13-10(8-16)6-9-4-5-11(17-2)7-12(9)15-13/h4-7,16H,3,8H2,1-2H3,(H,14,15). The van der Waals surface area contributed by atoms with Crippen molar-refractivity contribution in [2.75, 3.05) is 19.0 Å². The first kappa shape index (κ1) is 11.7. The van der Waals surface area contributed by atoms with Crippen molar-refractivity contribution in [2.24, 2.45) is 0 Å². The lowest BCUT2D eigenvalue weighted by Gasteiger charge is -2.10. The number of methoxy groups -OCH3 is 1. The number of aromatic nitrogens is 1. The molecule has 0 bridgehead atoms. The summed E-state index contributed by atoms with van der Waals surface area (Å²) < 4.78 is 5.17. The Bertz CT molecular complexity index is 526. The van der Waals surface area contributed by atoms with Crippen LogP contribution in [0.2, 0.25) is 0 Å². The van der Waals surface area contributed by atoms with E-state index >= 15 is 0 Å². The predicted octanol–water partition coefficient (Wildman–Crippen LogP) is 2.17. The van der Waals surface area contributed by atoms with Crippen LogP contribution in [-0.4, -0.2) is 23.7 Å². The Balaban J connectivity index is 2.57. The Morgan fingerprint density at radius 2 is 2.18 bits per heavy atom. The number of rotatable bonds is 4. The molecule has 1 aromatic heterocycles. The highest BCUT2D eigenvalue weighted by Crippen LogP contribution is 2.24. The van der Waals surface area contributed by atoms with E-state index in [1.807, 2.05) is 31.2 Å². The van der Waals surface area contributed by atoms with Crippen LogP contribution in [0.1, 0.15) is 12.5 Å². The fourth-order valence-corrected chi connectivity index (χ4v) is 1.76. The van der Waals surface area contributed by atoms with Gasteiger partial charge in [-0.2, -0.15) is 0 Å². The Morgan fingerprint density at radius 1 is 1.35 bits per heavy atom. The molecular weight excluding hydrogens is 216 g/mol. The highest BCUT2D eigenvalue weighted by atomic mass is 16.5. The third kappa shape index (κ3) is 2.31. The van der Waals surface area contributed by atoms with Gasteiger partial charge in [-0.15, -0.1) is 0 Å². The summed E-state index contributed by atoms with van der Waals surface area (Å²) in [4.78, 5) is 4.49. The van der Waals surface area contributed by atoms with Gasteiger partial charge in [0.05, 0.1) is 19.2 Å². The molecule has 1 aromatic carbocycles. The second-order valence-electron chi connectivity index (χ2n) is 3.74. The molecule has 0 saturated carbocycles. The van der Waals surface area contributed by atoms with Crippen molar-refractivity contribution in [3.05, 3.63) is 29.8 Å². The van der Waals surface area contributed by atoms with Crippen LogP contribution in [0.15, 0.2) is 24.3 Å². The van der Waals surface area contributed by atoms with Gasteiger partial charge >= 0.3 is 0 Å². The zero-order chi connectivity index (χ0) is 12.3. The molecule has 0 aliphatic heterocycles. The van der Waals surface area contributed by atoms with Crippen LogP contribution in [0.3, 0.4) is 0 Å². The Hall–Kier alpha value is -1.81. The first-order valence-corrected chi connectivity index (χ1v) is 5.61. The van der Waals surface area contributed by atoms with Crippen molar-refractivity contribution in [3.8, 4) is 5.75 Å². The summed E-state index contributed by atoms with van der Waals surface area (Å²) in [6.45, 7) is 2.76. The van der Waals surface area contributed by atoms with Crippen LogP contribution in [0.5, 0.6) is 5.75 Å². The first-order valence-electron chi connectivity index (χ1n) is 5.61. The molecule has 1 heterocycles. The Labute approximate surface area is 100 Å². The molecule has 2 aromatic rings. The van der Waals surface area contributed by atoms with Crippen LogP contribution < -0.4 is 10.1 Å². The number of ether oxygens (including phenoxy) is 1. The second kappa shape index (κ2) is 5.01. The summed E-state index contributed by atoms with van der Waals surface area (Å²) in [5, 5.41) is 13.4. The summed E-state index contributed by atoms with van der Waals surface area (Å²) in [5.74, 6) is 1.51. The third-order valence-electron chi connectivity index (χ3n) is 2.62. The van der Waals surface area contributed by atoms with Crippen molar-refractivity contribution >= 4 is 16.7 Å². The molecule has 2 N–H and O–H groups in total. The van der Waals surface area contributed by atoms with E-state index in [1.165, 1.54) is 0 Å². The lowest BCUT2D eigenvalue weighted by Crippen LogP contribution is -2.03. The first-order chi connectivity index (χ1) is 8.28. The van der Waals surface area contributed by atoms with Crippen molar-refractivity contribution in [3.63, 3.8) is 0 Å². The van der Waals surface area contributed by atoms with Gasteiger partial charge in [0.15, 0.2) is 0 Å². The molecule has 0 aliphatic rings. The summed E-state index contributed by atoms with van der Waals surface area (Å²) in [6.07, 6.45) is 0. The van der Waals surface area contributed by atoms with Crippen LogP contribution >= 0.6 is 0 Å². The van der Waals surface area contributed by atoms with E-state index in [-0.39, 0.29) is 6.61 Å². The predicted molar refractivity (Wildman–Crippen MR) is 68.4 cm³/mol. The molecule has 0 radical (unpaired) electrons. The van der Waals surface area contributed by atoms with E-state index in [1.54, 1.807) is 7.11 Å². The molecule has 4 heteroatoms. The number of nitrogens with one attached hydrogen (secondary N) is 1. The molecule has 17 heavy (non-hydrogen) atoms. The van der Waals surface area contributed by atoms with E-state index in [9.17, 15) is 5.11 Å². The average molecular weight is 232 g/mol. The molecule has 0 aliphatic carbocycles. The lowest BCUT2D eigenvalue weighted by molar-refractivity contribution is 0.282. The van der Waals surface area contributed by atoms with E-state index < -0.39 is 0 Å². The number of nitrogens with zero attached hydrogens (tertiary/aromatic N) is 1. The van der Waals surface area contributed by atoms with Gasteiger partial charge in [-0.3, -0.25) is 0 Å². The maximum Gasteiger partial charge on any atom is 0.132 e. The van der Waals surface area contributed by atoms with Crippen LogP contribution in [0, 0.1) is 0 Å². The van der Waals surface area contributed by atoms with Gasteiger partial charge in [-0.1, -0.05) is 0 Å². The Kier molecular flexibility index (Phi) is 3.44. The van der Waals surface area contributed by atoms with Gasteiger partial charge in [0, 0.05) is 23.6 Å². The van der Waals surface area contributed by atoms with Gasteiger partial charge in [-0.25, -0.2) is 4.98 Å². The highest BCUT2D eigenvalue weighted by molar-refractivity contribution is 5.83. The lowest BCUT2D eigenvalue weighted by atomic mass is 10.1. The van der Waals surface area contributed by atoms with Gasteiger partial charge in [0.2, 0.25) is 0 Å². The monoisotopic (exact) mass is 232 g/mol. The summed E-state index contributed by atoms with van der Waals surface area (Å²) in [6, 6.07) is 7.66. The molecular formula is C13H16N2O2. The second-order valence-corrected chi connectivity index (χ2v) is 3.74. The normalized spacial score (nSPS) is 10.5. The van der Waals surface area contributed by atoms with Crippen molar-refractivity contribution in [1.29, 1.82) is 0 Å². The minimum absolute atomic E-state index is 0.0166. The minimum Gasteiger partial charge on any atom is -0.497 e. The van der Waals surface area contributed by atoms with E-state index in [0.717, 1.165) is 34.6 Å². The van der Waals surface area contributed by atoms with Gasteiger partial charge < -0.3 is 15.2 Å². The number of benzene rings is 1. The van der Waals surface area contributed by atoms with Crippen LogP contribution in [0.25, 0.3) is 10.9 Å². The molecule has 0 unspecified atom stereocenters. The number of pyridine rings is 1. The number of hydrogen-bond acceptors (Lipinski definition) is 4. The summed E-state index contributed by atoms with van der Waals surface area (Å²) >= 11 is 0. The summed E-state index contributed by atoms with van der Waals surface area (Å²) in [7, 11) is 1.63. The molecule has 0 saturated heterocycles. The van der Waals surface area contributed by atoms with Crippen LogP contribution in [0.4, 0.5) is 5.82 Å². The number of fused-ring (bicyclic) bond motifs is 1. The number of aliphatic hydroxyl groups is 1. The van der Waals surface area contributed by atoms with Gasteiger partial charge in [0.1, 0.15) is 11.6 Å². The average Bonchev–Trinajstić information content (AvgIpc) is 2.37. The van der Waals surface area contributed by atoms with Gasteiger partial charge in [-0.05, 0) is 25.1 Å². The SMILES string of the molecule is CCNc1nc2cc(OC)ccc2cc1CO. The van der Waals surface area contributed by atoms with E-state index in [4.69, 9.17) is 4.74 Å². The smallest absolute Gasteiger partial charge is 0.132 e. The summed E-state index contributed by atoms with van der Waals surface area (Å²) in [5.41, 5.74) is 1.67. The molecule has 0 amide bonds. The molecule has 90 valence electrons. The van der Waals surface area contributed by atoms with E-state index in [0.29, 0.717) is 0 Å². The molecule has 0 spiro atoms. The maximum atomic E-state index is 9.30. The molecule has 2 rings (SSSR count). The van der Waals surface area contributed by atoms with Gasteiger partial charge in [0.25, 0.3) is 0 Å². The maximum absolute atomic E-state index is 9.30. The van der Waals surface area contributed by atoms with Crippen LogP contribution in [-0.2, 0) is 6.61 Å². The Morgan fingerprint density at radius 3 is 2.82 bits per heavy atom. The van der Waals surface area contributed by atoms with E-state index in [2.05, 4.69) is 10.3 Å². The fraction of sp³-hybridized carbons (Fsp3) is 0.308. The fourth-order valence-electron chi connectivity index (χ4n) is 1.76. The highest BCUT2D eigenvalue weighted by Gasteiger charge is 2.06. The number of anilines is 1. The minimum atomic E-state index is -0.0166. The largest absolute Gasteiger partial charge is 0.497 e. The molecule has 0 fully saturated rings. The molecule has 4 nitrogen and oxygen atoms in total. The number of hydrogen-bond donors (Lipinski definition) is 2. The van der Waals surface area contributed by atoms with Crippen molar-refractivity contribution < 1.29 is 9.84 Å². The van der Waals surface area contributed by atoms with Crippen molar-refractivity contribution in [1.82, 2.24) is 4.98 Å². The quantitative estimate of drug-likeness (QED) is 0.848. The number of aliphatic hydroxyl groups excluding tert-OH is 1. The zero-order valence-electron chi connectivity index (χ0n) is 10.0. The van der Waals surface area contributed by atoms with Crippen molar-refractivity contribution in [2.45, 2.75) is 13.5 Å². The molecule has 0 atom stereocenters.